The van der Waals surface area contributed by atoms with Gasteiger partial charge in [-0.15, -0.1) is 0 Å². The minimum absolute atomic E-state index is 0.191. The van der Waals surface area contributed by atoms with Crippen LogP contribution >= 0.6 is 0 Å². The molecule has 2 N–H and O–H groups in total. The van der Waals surface area contributed by atoms with Crippen molar-refractivity contribution in [1.82, 2.24) is 9.78 Å². The van der Waals surface area contributed by atoms with Gasteiger partial charge in [-0.25, -0.2) is 0 Å². The highest BCUT2D eigenvalue weighted by atomic mass is 16.5. The molecule has 16 heavy (non-hydrogen) atoms. The second-order valence-corrected chi connectivity index (χ2v) is 3.60. The Labute approximate surface area is 96.5 Å². The molecule has 1 aromatic rings. The van der Waals surface area contributed by atoms with Gasteiger partial charge in [0, 0.05) is 13.2 Å². The van der Waals surface area contributed by atoms with Gasteiger partial charge in [0.1, 0.15) is 0 Å². The molecule has 0 spiro atoms. The van der Waals surface area contributed by atoms with Crippen LogP contribution in [0.1, 0.15) is 32.0 Å². The summed E-state index contributed by atoms with van der Waals surface area (Å²) in [7, 11) is 1.63. The fraction of sp³-hybridized carbons (Fsp3) is 0.727. The van der Waals surface area contributed by atoms with Gasteiger partial charge in [0.25, 0.3) is 0 Å². The van der Waals surface area contributed by atoms with E-state index in [2.05, 4.69) is 12.0 Å². The van der Waals surface area contributed by atoms with Gasteiger partial charge in [-0.1, -0.05) is 6.92 Å². The summed E-state index contributed by atoms with van der Waals surface area (Å²) in [6.07, 6.45) is 2.69. The summed E-state index contributed by atoms with van der Waals surface area (Å²) in [5.41, 5.74) is 6.97. The molecule has 92 valence electrons. The predicted octanol–water partition coefficient (Wildman–Crippen LogP) is 1.34. The molecule has 5 nitrogen and oxygen atoms in total. The molecule has 0 radical (unpaired) electrons. The molecule has 1 heterocycles. The number of hydrogen-bond donors (Lipinski definition) is 1. The zero-order valence-corrected chi connectivity index (χ0v) is 10.3. The molecule has 0 amide bonds. The number of aromatic nitrogens is 2. The Morgan fingerprint density at radius 1 is 1.50 bits per heavy atom. The van der Waals surface area contributed by atoms with E-state index in [0.29, 0.717) is 6.61 Å². The third kappa shape index (κ3) is 2.96. The summed E-state index contributed by atoms with van der Waals surface area (Å²) < 4.78 is 12.5. The minimum atomic E-state index is -0.191. The first-order chi connectivity index (χ1) is 7.74. The van der Waals surface area contributed by atoms with Crippen LogP contribution in [-0.4, -0.2) is 30.1 Å². The molecule has 0 saturated heterocycles. The molecule has 1 aromatic heterocycles. The highest BCUT2D eigenvalue weighted by Crippen LogP contribution is 2.23. The number of aryl methyl sites for hydroxylation is 1. The normalized spacial score (nSPS) is 12.8. The van der Waals surface area contributed by atoms with E-state index in [1.165, 1.54) is 0 Å². The lowest BCUT2D eigenvalue weighted by molar-refractivity contribution is 0.119. The first kappa shape index (κ1) is 13.0. The van der Waals surface area contributed by atoms with Crippen molar-refractivity contribution < 1.29 is 9.47 Å². The van der Waals surface area contributed by atoms with Gasteiger partial charge in [0.15, 0.2) is 5.75 Å². The van der Waals surface area contributed by atoms with Crippen LogP contribution in [0.3, 0.4) is 0 Å². The molecule has 0 aliphatic carbocycles. The van der Waals surface area contributed by atoms with Crippen molar-refractivity contribution in [3.05, 3.63) is 11.9 Å². The van der Waals surface area contributed by atoms with E-state index in [1.54, 1.807) is 13.3 Å². The Hall–Kier alpha value is -1.07. The highest BCUT2D eigenvalue weighted by molar-refractivity contribution is 5.28. The summed E-state index contributed by atoms with van der Waals surface area (Å²) >= 11 is 0. The molecule has 0 bridgehead atoms. The molecule has 0 aliphatic heterocycles. The van der Waals surface area contributed by atoms with Gasteiger partial charge in [-0.2, -0.15) is 5.10 Å². The quantitative estimate of drug-likeness (QED) is 0.714. The SMILES string of the molecule is CCCOCC(N)c1c(OC)cnn1CC. The first-order valence-corrected chi connectivity index (χ1v) is 5.67. The largest absolute Gasteiger partial charge is 0.493 e. The van der Waals surface area contributed by atoms with E-state index in [1.807, 2.05) is 11.6 Å². The zero-order chi connectivity index (χ0) is 12.0. The van der Waals surface area contributed by atoms with E-state index >= 15 is 0 Å². The predicted molar refractivity (Wildman–Crippen MR) is 62.5 cm³/mol. The maximum Gasteiger partial charge on any atom is 0.161 e. The van der Waals surface area contributed by atoms with Gasteiger partial charge < -0.3 is 15.2 Å². The molecule has 0 aliphatic rings. The molecular formula is C11H21N3O2. The number of nitrogens with two attached hydrogens (primary N) is 1. The van der Waals surface area contributed by atoms with Crippen molar-refractivity contribution in [3.63, 3.8) is 0 Å². The Bertz CT molecular complexity index is 291. The van der Waals surface area contributed by atoms with Gasteiger partial charge >= 0.3 is 0 Å². The molecular weight excluding hydrogens is 206 g/mol. The lowest BCUT2D eigenvalue weighted by Gasteiger charge is -2.15. The molecule has 0 fully saturated rings. The second-order valence-electron chi connectivity index (χ2n) is 3.60. The Kier molecular flexibility index (Phi) is 5.28. The lowest BCUT2D eigenvalue weighted by atomic mass is 10.2. The zero-order valence-electron chi connectivity index (χ0n) is 10.3. The van der Waals surface area contributed by atoms with Crippen LogP contribution in [0.5, 0.6) is 5.75 Å². The number of ether oxygens (including phenoxy) is 2. The Balaban J connectivity index is 2.71. The molecule has 1 rings (SSSR count). The standard InChI is InChI=1S/C11H21N3O2/c1-4-6-16-8-9(12)11-10(15-3)7-13-14(11)5-2/h7,9H,4-6,8,12H2,1-3H3. The molecule has 0 aromatic carbocycles. The van der Waals surface area contributed by atoms with Crippen LogP contribution in [-0.2, 0) is 11.3 Å². The van der Waals surface area contributed by atoms with E-state index in [0.717, 1.165) is 31.0 Å². The maximum atomic E-state index is 6.07. The molecule has 0 saturated carbocycles. The number of nitrogens with zero attached hydrogens (tertiary/aromatic N) is 2. The molecule has 1 atom stereocenters. The van der Waals surface area contributed by atoms with Crippen molar-refractivity contribution in [1.29, 1.82) is 0 Å². The van der Waals surface area contributed by atoms with Gasteiger partial charge in [0.2, 0.25) is 0 Å². The van der Waals surface area contributed by atoms with Crippen LogP contribution in [0.4, 0.5) is 0 Å². The van der Waals surface area contributed by atoms with Crippen LogP contribution in [0.2, 0.25) is 0 Å². The molecule has 5 heteroatoms. The fourth-order valence-corrected chi connectivity index (χ4v) is 1.59. The first-order valence-electron chi connectivity index (χ1n) is 5.67. The monoisotopic (exact) mass is 227 g/mol. The van der Waals surface area contributed by atoms with E-state index in [-0.39, 0.29) is 6.04 Å². The minimum Gasteiger partial charge on any atom is -0.493 e. The van der Waals surface area contributed by atoms with Gasteiger partial charge in [-0.3, -0.25) is 4.68 Å². The van der Waals surface area contributed by atoms with Gasteiger partial charge in [0.05, 0.1) is 31.6 Å². The van der Waals surface area contributed by atoms with E-state index in [9.17, 15) is 0 Å². The highest BCUT2D eigenvalue weighted by Gasteiger charge is 2.17. The number of hydrogen-bond acceptors (Lipinski definition) is 4. The van der Waals surface area contributed by atoms with Gasteiger partial charge in [-0.05, 0) is 13.3 Å². The van der Waals surface area contributed by atoms with E-state index in [4.69, 9.17) is 15.2 Å². The summed E-state index contributed by atoms with van der Waals surface area (Å²) in [4.78, 5) is 0. The van der Waals surface area contributed by atoms with E-state index < -0.39 is 0 Å². The fourth-order valence-electron chi connectivity index (χ4n) is 1.59. The topological polar surface area (TPSA) is 62.3 Å². The van der Waals surface area contributed by atoms with Crippen LogP contribution in [0.25, 0.3) is 0 Å². The third-order valence-corrected chi connectivity index (χ3v) is 2.36. The third-order valence-electron chi connectivity index (χ3n) is 2.36. The summed E-state index contributed by atoms with van der Waals surface area (Å²) in [5, 5.41) is 4.21. The van der Waals surface area contributed by atoms with Crippen molar-refractivity contribution in [2.45, 2.75) is 32.9 Å². The average Bonchev–Trinajstić information content (AvgIpc) is 2.71. The smallest absolute Gasteiger partial charge is 0.161 e. The van der Waals surface area contributed by atoms with Crippen molar-refractivity contribution in [2.24, 2.45) is 5.73 Å². The Morgan fingerprint density at radius 3 is 2.81 bits per heavy atom. The number of rotatable bonds is 7. The van der Waals surface area contributed by atoms with Crippen LogP contribution < -0.4 is 10.5 Å². The lowest BCUT2D eigenvalue weighted by Crippen LogP contribution is -2.22. The van der Waals surface area contributed by atoms with Crippen molar-refractivity contribution in [3.8, 4) is 5.75 Å². The Morgan fingerprint density at radius 2 is 2.25 bits per heavy atom. The number of methoxy groups -OCH3 is 1. The maximum absolute atomic E-state index is 6.07. The van der Waals surface area contributed by atoms with Crippen LogP contribution in [0.15, 0.2) is 6.20 Å². The van der Waals surface area contributed by atoms with Crippen molar-refractivity contribution in [2.75, 3.05) is 20.3 Å². The van der Waals surface area contributed by atoms with Crippen molar-refractivity contribution >= 4 is 0 Å². The average molecular weight is 227 g/mol. The summed E-state index contributed by atoms with van der Waals surface area (Å²) in [6.45, 7) is 6.10. The molecule has 1 unspecified atom stereocenters. The second kappa shape index (κ2) is 6.50. The van der Waals surface area contributed by atoms with Crippen LogP contribution in [0, 0.1) is 0 Å². The summed E-state index contributed by atoms with van der Waals surface area (Å²) in [6, 6.07) is -0.191. The summed E-state index contributed by atoms with van der Waals surface area (Å²) in [5.74, 6) is 0.731.